The summed E-state index contributed by atoms with van der Waals surface area (Å²) in [6.07, 6.45) is 2.03. The van der Waals surface area contributed by atoms with Gasteiger partial charge in [-0.3, -0.25) is 9.20 Å². The Balaban J connectivity index is 1.28. The molecule has 4 rings (SSSR count). The van der Waals surface area contributed by atoms with E-state index in [9.17, 15) is 9.90 Å². The zero-order valence-corrected chi connectivity index (χ0v) is 19.3. The zero-order chi connectivity index (χ0) is 24.1. The van der Waals surface area contributed by atoms with Crippen molar-refractivity contribution < 1.29 is 14.6 Å². The molecule has 2 aromatic heterocycles. The fourth-order valence-electron chi connectivity index (χ4n) is 3.78. The molecule has 0 aliphatic heterocycles. The number of methoxy groups -OCH3 is 1. The number of carbonyl (C=O) groups excluding carboxylic acids is 1. The lowest BCUT2D eigenvalue weighted by molar-refractivity contribution is -0.122. The quantitative estimate of drug-likeness (QED) is 0.262. The number of unbranched alkanes of at least 4 members (excludes halogenated alkanes) is 1. The van der Waals surface area contributed by atoms with Gasteiger partial charge in [0.1, 0.15) is 17.3 Å². The van der Waals surface area contributed by atoms with Gasteiger partial charge in [0.2, 0.25) is 11.6 Å². The van der Waals surface area contributed by atoms with E-state index in [0.29, 0.717) is 31.0 Å². The van der Waals surface area contributed by atoms with Gasteiger partial charge in [0.15, 0.2) is 5.82 Å². The van der Waals surface area contributed by atoms with E-state index in [-0.39, 0.29) is 11.7 Å². The van der Waals surface area contributed by atoms with Crippen molar-refractivity contribution in [3.05, 3.63) is 53.9 Å². The number of nitrogens with one attached hydrogen (secondary N) is 2. The first-order chi connectivity index (χ1) is 16.5. The number of nitrogens with two attached hydrogens (primary N) is 1. The third kappa shape index (κ3) is 5.18. The molecule has 5 N–H and O–H groups in total. The molecule has 4 aromatic rings. The van der Waals surface area contributed by atoms with Crippen LogP contribution in [0.4, 0.5) is 5.82 Å². The second-order valence-corrected chi connectivity index (χ2v) is 8.12. The molecule has 10 heteroatoms. The predicted octanol–water partition coefficient (Wildman–Crippen LogP) is 2.18. The van der Waals surface area contributed by atoms with Gasteiger partial charge in [-0.05, 0) is 56.0 Å². The number of phenolic OH excluding ortho intramolecular Hbond substituents is 1. The van der Waals surface area contributed by atoms with Gasteiger partial charge in [-0.1, -0.05) is 12.1 Å². The molecule has 0 aliphatic rings. The summed E-state index contributed by atoms with van der Waals surface area (Å²) in [5, 5.41) is 24.1. The van der Waals surface area contributed by atoms with Gasteiger partial charge in [0.25, 0.3) is 0 Å². The van der Waals surface area contributed by atoms with Crippen LogP contribution in [0, 0.1) is 6.92 Å². The SMILES string of the molecule is COc1ccc2c(c1)nc(NCCCCNC(=O)C(N)Cc1ccc(O)cc1)c1nnc(C)n12. The number of amides is 1. The predicted molar refractivity (Wildman–Crippen MR) is 130 cm³/mol. The number of aromatic nitrogens is 4. The van der Waals surface area contributed by atoms with Crippen LogP contribution >= 0.6 is 0 Å². The van der Waals surface area contributed by atoms with Crippen LogP contribution in [0.15, 0.2) is 42.5 Å². The van der Waals surface area contributed by atoms with Crippen molar-refractivity contribution in [2.24, 2.45) is 5.73 Å². The molecule has 0 fully saturated rings. The molecular formula is C24H29N7O3. The highest BCUT2D eigenvalue weighted by Crippen LogP contribution is 2.25. The van der Waals surface area contributed by atoms with Gasteiger partial charge >= 0.3 is 0 Å². The van der Waals surface area contributed by atoms with Crippen LogP contribution in [-0.2, 0) is 11.2 Å². The first-order valence-electron chi connectivity index (χ1n) is 11.2. The van der Waals surface area contributed by atoms with E-state index in [2.05, 4.69) is 20.8 Å². The standard InChI is InChI=1S/C24H29N7O3/c1-15-29-30-23-22(28-20-14-18(34-2)9-10-21(20)31(15)23)26-11-3-4-12-27-24(33)19(25)13-16-5-7-17(32)8-6-16/h5-10,14,19,32H,3-4,11-13,25H2,1-2H3,(H,26,28)(H,27,33). The summed E-state index contributed by atoms with van der Waals surface area (Å²) in [5.41, 5.74) is 9.28. The normalized spacial score (nSPS) is 12.1. The summed E-state index contributed by atoms with van der Waals surface area (Å²) in [6, 6.07) is 11.8. The van der Waals surface area contributed by atoms with Gasteiger partial charge in [-0.25, -0.2) is 4.98 Å². The van der Waals surface area contributed by atoms with Crippen molar-refractivity contribution in [2.75, 3.05) is 25.5 Å². The van der Waals surface area contributed by atoms with Gasteiger partial charge in [0, 0.05) is 19.2 Å². The van der Waals surface area contributed by atoms with Crippen molar-refractivity contribution in [1.82, 2.24) is 24.9 Å². The van der Waals surface area contributed by atoms with Crippen LogP contribution in [0.3, 0.4) is 0 Å². The van der Waals surface area contributed by atoms with Crippen LogP contribution < -0.4 is 21.1 Å². The lowest BCUT2D eigenvalue weighted by atomic mass is 10.1. The van der Waals surface area contributed by atoms with E-state index in [1.165, 1.54) is 0 Å². The molecule has 1 amide bonds. The lowest BCUT2D eigenvalue weighted by Gasteiger charge is -2.13. The Morgan fingerprint density at radius 2 is 1.91 bits per heavy atom. The molecule has 2 heterocycles. The fraction of sp³-hybridized carbons (Fsp3) is 0.333. The highest BCUT2D eigenvalue weighted by Gasteiger charge is 2.15. The molecule has 1 atom stereocenters. The molecular weight excluding hydrogens is 434 g/mol. The number of hydrogen-bond acceptors (Lipinski definition) is 8. The van der Waals surface area contributed by atoms with E-state index in [4.69, 9.17) is 15.5 Å². The fourth-order valence-corrected chi connectivity index (χ4v) is 3.78. The number of anilines is 1. The summed E-state index contributed by atoms with van der Waals surface area (Å²) < 4.78 is 7.30. The van der Waals surface area contributed by atoms with E-state index >= 15 is 0 Å². The summed E-state index contributed by atoms with van der Waals surface area (Å²) in [6.45, 7) is 3.10. The number of carbonyl (C=O) groups is 1. The van der Waals surface area contributed by atoms with Gasteiger partial charge in [-0.15, -0.1) is 10.2 Å². The Hall–Kier alpha value is -3.92. The highest BCUT2D eigenvalue weighted by molar-refractivity contribution is 5.84. The van der Waals surface area contributed by atoms with Crippen LogP contribution in [0.25, 0.3) is 16.7 Å². The number of hydrogen-bond donors (Lipinski definition) is 4. The average Bonchev–Trinajstić information content (AvgIpc) is 3.24. The first kappa shape index (κ1) is 23.2. The van der Waals surface area contributed by atoms with Crippen molar-refractivity contribution in [1.29, 1.82) is 0 Å². The third-order valence-electron chi connectivity index (χ3n) is 5.62. The summed E-state index contributed by atoms with van der Waals surface area (Å²) >= 11 is 0. The number of phenols is 1. The molecule has 0 saturated heterocycles. The average molecular weight is 464 g/mol. The van der Waals surface area contributed by atoms with E-state index in [1.807, 2.05) is 29.5 Å². The van der Waals surface area contributed by atoms with Gasteiger partial charge in [0.05, 0.1) is 24.2 Å². The smallest absolute Gasteiger partial charge is 0.237 e. The lowest BCUT2D eigenvalue weighted by Crippen LogP contribution is -2.42. The Morgan fingerprint density at radius 3 is 2.68 bits per heavy atom. The minimum absolute atomic E-state index is 0.188. The Bertz CT molecular complexity index is 1290. The Kier molecular flexibility index (Phi) is 7.07. The molecule has 1 unspecified atom stereocenters. The van der Waals surface area contributed by atoms with Crippen LogP contribution in [0.1, 0.15) is 24.2 Å². The Labute approximate surface area is 197 Å². The maximum Gasteiger partial charge on any atom is 0.237 e. The molecule has 0 bridgehead atoms. The number of benzene rings is 2. The van der Waals surface area contributed by atoms with Gasteiger partial charge < -0.3 is 26.2 Å². The third-order valence-corrected chi connectivity index (χ3v) is 5.62. The van der Waals surface area contributed by atoms with E-state index < -0.39 is 6.04 Å². The van der Waals surface area contributed by atoms with Crippen molar-refractivity contribution >= 4 is 28.4 Å². The molecule has 0 spiro atoms. The number of ether oxygens (including phenoxy) is 1. The number of fused-ring (bicyclic) bond motifs is 3. The molecule has 2 aromatic carbocycles. The summed E-state index contributed by atoms with van der Waals surface area (Å²) in [4.78, 5) is 17.0. The van der Waals surface area contributed by atoms with Gasteiger partial charge in [-0.2, -0.15) is 0 Å². The second-order valence-electron chi connectivity index (χ2n) is 8.12. The maximum absolute atomic E-state index is 12.3. The van der Waals surface area contributed by atoms with Crippen molar-refractivity contribution in [3.8, 4) is 11.5 Å². The van der Waals surface area contributed by atoms with Crippen LogP contribution in [-0.4, -0.2) is 56.8 Å². The number of nitrogens with zero attached hydrogens (tertiary/aromatic N) is 4. The second kappa shape index (κ2) is 10.3. The van der Waals surface area contributed by atoms with Crippen molar-refractivity contribution in [2.45, 2.75) is 32.2 Å². The largest absolute Gasteiger partial charge is 0.508 e. The van der Waals surface area contributed by atoms with Crippen molar-refractivity contribution in [3.63, 3.8) is 0 Å². The zero-order valence-electron chi connectivity index (χ0n) is 19.3. The summed E-state index contributed by atoms with van der Waals surface area (Å²) in [7, 11) is 1.63. The molecule has 0 radical (unpaired) electrons. The minimum atomic E-state index is -0.633. The van der Waals surface area contributed by atoms with Crippen LogP contribution in [0.2, 0.25) is 0 Å². The monoisotopic (exact) mass is 463 g/mol. The molecule has 178 valence electrons. The number of rotatable bonds is 10. The number of aryl methyl sites for hydroxylation is 1. The molecule has 34 heavy (non-hydrogen) atoms. The molecule has 10 nitrogen and oxygen atoms in total. The maximum atomic E-state index is 12.3. The van der Waals surface area contributed by atoms with E-state index in [1.54, 1.807) is 31.4 Å². The minimum Gasteiger partial charge on any atom is -0.508 e. The topological polar surface area (TPSA) is 140 Å². The molecule has 0 saturated carbocycles. The number of aromatic hydroxyl groups is 1. The first-order valence-corrected chi connectivity index (χ1v) is 11.2. The van der Waals surface area contributed by atoms with E-state index in [0.717, 1.165) is 41.0 Å². The molecule has 0 aliphatic carbocycles. The summed E-state index contributed by atoms with van der Waals surface area (Å²) in [5.74, 6) is 2.17. The van der Waals surface area contributed by atoms with Crippen LogP contribution in [0.5, 0.6) is 11.5 Å². The Morgan fingerprint density at radius 1 is 1.15 bits per heavy atom. The highest BCUT2D eigenvalue weighted by atomic mass is 16.5.